The van der Waals surface area contributed by atoms with E-state index in [1.807, 2.05) is 0 Å². The molecule has 0 aliphatic heterocycles. The van der Waals surface area contributed by atoms with Crippen LogP contribution in [0.15, 0.2) is 12.3 Å². The van der Waals surface area contributed by atoms with E-state index in [0.717, 1.165) is 0 Å². The van der Waals surface area contributed by atoms with Gasteiger partial charge < -0.3 is 5.32 Å². The van der Waals surface area contributed by atoms with Crippen molar-refractivity contribution in [1.82, 2.24) is 15.1 Å². The summed E-state index contributed by atoms with van der Waals surface area (Å²) < 4.78 is 78.6. The molecule has 1 aromatic rings. The van der Waals surface area contributed by atoms with Gasteiger partial charge in [0.05, 0.1) is 11.7 Å². The second kappa shape index (κ2) is 6.67. The minimum Gasteiger partial charge on any atom is -0.308 e. The zero-order valence-electron chi connectivity index (χ0n) is 11.6. The summed E-state index contributed by atoms with van der Waals surface area (Å²) in [6, 6.07) is -0.725. The van der Waals surface area contributed by atoms with Crippen LogP contribution in [0.1, 0.15) is 32.0 Å². The number of hydrogen-bond acceptors (Lipinski definition) is 2. The maximum absolute atomic E-state index is 12.9. The standard InChI is InChI=1S/C12H17F6N3/c1-3-7-21-8(5-6-20-21)9(19-4-2)10(11(13,14)15)12(16,17)18/h5-6,9-10,19H,3-4,7H2,1-2H3. The van der Waals surface area contributed by atoms with Crippen LogP contribution in [0.5, 0.6) is 0 Å². The normalized spacial score (nSPS) is 14.7. The molecule has 21 heavy (non-hydrogen) atoms. The Morgan fingerprint density at radius 2 is 1.71 bits per heavy atom. The summed E-state index contributed by atoms with van der Waals surface area (Å²) in [7, 11) is 0. The summed E-state index contributed by atoms with van der Waals surface area (Å²) in [5, 5.41) is 6.09. The smallest absolute Gasteiger partial charge is 0.308 e. The number of nitrogens with zero attached hydrogens (tertiary/aromatic N) is 2. The highest BCUT2D eigenvalue weighted by atomic mass is 19.4. The number of aromatic nitrogens is 2. The molecule has 0 saturated heterocycles. The summed E-state index contributed by atoms with van der Waals surface area (Å²) in [6.07, 6.45) is -9.03. The van der Waals surface area contributed by atoms with Crippen molar-refractivity contribution in [2.75, 3.05) is 6.54 Å². The van der Waals surface area contributed by atoms with Gasteiger partial charge in [0.25, 0.3) is 0 Å². The third-order valence-corrected chi connectivity index (χ3v) is 2.97. The van der Waals surface area contributed by atoms with Gasteiger partial charge in [-0.3, -0.25) is 4.68 Å². The highest BCUT2D eigenvalue weighted by Crippen LogP contribution is 2.46. The van der Waals surface area contributed by atoms with E-state index in [4.69, 9.17) is 0 Å². The maximum Gasteiger partial charge on any atom is 0.402 e. The molecule has 122 valence electrons. The molecular formula is C12H17F6N3. The van der Waals surface area contributed by atoms with Gasteiger partial charge in [-0.2, -0.15) is 31.4 Å². The van der Waals surface area contributed by atoms with Crippen molar-refractivity contribution in [1.29, 1.82) is 0 Å². The third kappa shape index (κ3) is 4.36. The third-order valence-electron chi connectivity index (χ3n) is 2.97. The van der Waals surface area contributed by atoms with Crippen LogP contribution < -0.4 is 5.32 Å². The van der Waals surface area contributed by atoms with E-state index in [0.29, 0.717) is 6.42 Å². The molecule has 0 aliphatic rings. The van der Waals surface area contributed by atoms with E-state index in [1.54, 1.807) is 6.92 Å². The summed E-state index contributed by atoms with van der Waals surface area (Å²) in [5.74, 6) is -3.47. The van der Waals surface area contributed by atoms with E-state index in [1.165, 1.54) is 23.9 Å². The molecule has 9 heteroatoms. The molecule has 0 spiro atoms. The highest BCUT2D eigenvalue weighted by molar-refractivity contribution is 5.11. The SMILES string of the molecule is CCCn1nccc1C(NCC)C(C(F)(F)F)C(F)(F)F. The van der Waals surface area contributed by atoms with Crippen molar-refractivity contribution >= 4 is 0 Å². The average molecular weight is 317 g/mol. The lowest BCUT2D eigenvalue weighted by molar-refractivity contribution is -0.293. The van der Waals surface area contributed by atoms with Crippen molar-refractivity contribution in [3.63, 3.8) is 0 Å². The van der Waals surface area contributed by atoms with E-state index < -0.39 is 24.3 Å². The van der Waals surface area contributed by atoms with E-state index in [2.05, 4.69) is 10.4 Å². The fourth-order valence-electron chi connectivity index (χ4n) is 2.18. The number of nitrogens with one attached hydrogen (secondary N) is 1. The van der Waals surface area contributed by atoms with Crippen molar-refractivity contribution in [3.8, 4) is 0 Å². The lowest BCUT2D eigenvalue weighted by atomic mass is 9.95. The van der Waals surface area contributed by atoms with Gasteiger partial charge >= 0.3 is 12.4 Å². The molecular weight excluding hydrogens is 300 g/mol. The zero-order valence-corrected chi connectivity index (χ0v) is 11.6. The second-order valence-corrected chi connectivity index (χ2v) is 4.58. The van der Waals surface area contributed by atoms with Crippen molar-refractivity contribution in [3.05, 3.63) is 18.0 Å². The number of rotatable bonds is 6. The topological polar surface area (TPSA) is 29.9 Å². The van der Waals surface area contributed by atoms with Gasteiger partial charge in [-0.15, -0.1) is 0 Å². The van der Waals surface area contributed by atoms with Crippen LogP contribution in [0, 0.1) is 5.92 Å². The lowest BCUT2D eigenvalue weighted by Gasteiger charge is -2.31. The molecule has 1 atom stereocenters. The molecule has 0 bridgehead atoms. The average Bonchev–Trinajstić information content (AvgIpc) is 2.73. The zero-order chi connectivity index (χ0) is 16.3. The summed E-state index contributed by atoms with van der Waals surface area (Å²) in [4.78, 5) is 0. The first-order valence-corrected chi connectivity index (χ1v) is 6.51. The Labute approximate surface area is 118 Å². The van der Waals surface area contributed by atoms with Crippen molar-refractivity contribution < 1.29 is 26.3 Å². The quantitative estimate of drug-likeness (QED) is 0.811. The van der Waals surface area contributed by atoms with Crippen molar-refractivity contribution in [2.45, 2.75) is 45.2 Å². The van der Waals surface area contributed by atoms with Gasteiger partial charge in [0, 0.05) is 12.7 Å². The molecule has 0 amide bonds. The molecule has 1 heterocycles. The summed E-state index contributed by atoms with van der Waals surface area (Å²) >= 11 is 0. The minimum atomic E-state index is -5.40. The van der Waals surface area contributed by atoms with Crippen LogP contribution in [-0.2, 0) is 6.54 Å². The number of aryl methyl sites for hydroxylation is 1. The molecule has 0 fully saturated rings. The van der Waals surface area contributed by atoms with E-state index in [9.17, 15) is 26.3 Å². The number of hydrogen-bond donors (Lipinski definition) is 1. The van der Waals surface area contributed by atoms with Gasteiger partial charge in [-0.1, -0.05) is 13.8 Å². The molecule has 1 unspecified atom stereocenters. The molecule has 1 rings (SSSR count). The van der Waals surface area contributed by atoms with Gasteiger partial charge in [-0.05, 0) is 19.0 Å². The largest absolute Gasteiger partial charge is 0.402 e. The highest BCUT2D eigenvalue weighted by Gasteiger charge is 2.60. The van der Waals surface area contributed by atoms with E-state index >= 15 is 0 Å². The van der Waals surface area contributed by atoms with E-state index in [-0.39, 0.29) is 18.8 Å². The Balaban J connectivity index is 3.28. The Hall–Kier alpha value is -1.25. The van der Waals surface area contributed by atoms with Crippen LogP contribution in [-0.4, -0.2) is 28.7 Å². The van der Waals surface area contributed by atoms with Crippen LogP contribution in [0.4, 0.5) is 26.3 Å². The first kappa shape index (κ1) is 17.8. The monoisotopic (exact) mass is 317 g/mol. The maximum atomic E-state index is 12.9. The van der Waals surface area contributed by atoms with Crippen LogP contribution in [0.2, 0.25) is 0 Å². The van der Waals surface area contributed by atoms with Crippen molar-refractivity contribution in [2.24, 2.45) is 5.92 Å². The van der Waals surface area contributed by atoms with Gasteiger partial charge in [0.15, 0.2) is 5.92 Å². The van der Waals surface area contributed by atoms with Crippen LogP contribution in [0.3, 0.4) is 0 Å². The molecule has 0 aromatic carbocycles. The molecule has 0 aliphatic carbocycles. The predicted molar refractivity (Wildman–Crippen MR) is 64.5 cm³/mol. The summed E-state index contributed by atoms with van der Waals surface area (Å²) in [5.41, 5.74) is -0.113. The predicted octanol–water partition coefficient (Wildman–Crippen LogP) is 3.68. The van der Waals surface area contributed by atoms with Gasteiger partial charge in [-0.25, -0.2) is 0 Å². The Bertz CT molecular complexity index is 423. The Morgan fingerprint density at radius 1 is 1.14 bits per heavy atom. The first-order valence-electron chi connectivity index (χ1n) is 6.51. The van der Waals surface area contributed by atoms with Crippen LogP contribution in [0.25, 0.3) is 0 Å². The van der Waals surface area contributed by atoms with Gasteiger partial charge in [0.2, 0.25) is 0 Å². The molecule has 0 saturated carbocycles. The lowest BCUT2D eigenvalue weighted by Crippen LogP contribution is -2.46. The number of halogens is 6. The molecule has 3 nitrogen and oxygen atoms in total. The Kier molecular flexibility index (Phi) is 5.66. The fraction of sp³-hybridized carbons (Fsp3) is 0.750. The fourth-order valence-corrected chi connectivity index (χ4v) is 2.18. The Morgan fingerprint density at radius 3 is 2.14 bits per heavy atom. The molecule has 1 aromatic heterocycles. The van der Waals surface area contributed by atoms with Crippen LogP contribution >= 0.6 is 0 Å². The molecule has 1 N–H and O–H groups in total. The molecule has 0 radical (unpaired) electrons. The minimum absolute atomic E-state index is 0.0232. The van der Waals surface area contributed by atoms with Gasteiger partial charge in [0.1, 0.15) is 0 Å². The summed E-state index contributed by atoms with van der Waals surface area (Å²) in [6.45, 7) is 3.45. The second-order valence-electron chi connectivity index (χ2n) is 4.58. The first-order chi connectivity index (χ1) is 9.62. The number of alkyl halides is 6.